The normalized spacial score (nSPS) is 18.6. The van der Waals surface area contributed by atoms with Crippen LogP contribution in [0.25, 0.3) is 0 Å². The molecule has 1 fully saturated rings. The Labute approximate surface area is 128 Å². The smallest absolute Gasteiger partial charge is 0.310 e. The van der Waals surface area contributed by atoms with Gasteiger partial charge in [0.25, 0.3) is 0 Å². The van der Waals surface area contributed by atoms with Crippen LogP contribution in [0.5, 0.6) is 0 Å². The molecule has 0 radical (unpaired) electrons. The van der Waals surface area contributed by atoms with E-state index in [1.807, 2.05) is 30.3 Å². The Bertz CT molecular complexity index is 538. The van der Waals surface area contributed by atoms with Crippen LogP contribution in [0, 0.1) is 0 Å². The van der Waals surface area contributed by atoms with E-state index in [1.165, 1.54) is 0 Å². The van der Waals surface area contributed by atoms with E-state index in [4.69, 9.17) is 5.11 Å². The SMILES string of the molecule is O=C(O)CC(=O)[C@H](Cc1ccccc1)NC(=O)[C@@H]1CCCN1. The molecule has 6 nitrogen and oxygen atoms in total. The summed E-state index contributed by atoms with van der Waals surface area (Å²) in [7, 11) is 0. The quantitative estimate of drug-likeness (QED) is 0.638. The molecule has 1 aliphatic rings. The lowest BCUT2D eigenvalue weighted by atomic mass is 10.00. The first-order chi connectivity index (χ1) is 10.6. The number of carbonyl (C=O) groups is 3. The number of carbonyl (C=O) groups excluding carboxylic acids is 2. The van der Waals surface area contributed by atoms with Gasteiger partial charge < -0.3 is 15.7 Å². The molecule has 1 aromatic carbocycles. The number of ketones is 1. The number of amides is 1. The molecule has 1 aliphatic heterocycles. The summed E-state index contributed by atoms with van der Waals surface area (Å²) in [4.78, 5) is 35.0. The second-order valence-corrected chi connectivity index (χ2v) is 5.44. The van der Waals surface area contributed by atoms with E-state index < -0.39 is 24.2 Å². The molecule has 0 unspecified atom stereocenters. The number of hydrogen-bond acceptors (Lipinski definition) is 4. The lowest BCUT2D eigenvalue weighted by Crippen LogP contribution is -2.49. The Kier molecular flexibility index (Phi) is 5.66. The number of carboxylic acids is 1. The van der Waals surface area contributed by atoms with Crippen LogP contribution in [0.15, 0.2) is 30.3 Å². The summed E-state index contributed by atoms with van der Waals surface area (Å²) in [6, 6.07) is 8.13. The fourth-order valence-corrected chi connectivity index (χ4v) is 2.55. The standard InChI is InChI=1S/C16H20N2O4/c19-14(10-15(20)21)13(9-11-5-2-1-3-6-11)18-16(22)12-7-4-8-17-12/h1-3,5-6,12-13,17H,4,7-10H2,(H,18,22)(H,20,21)/t12-,13-/m0/s1. The van der Waals surface area contributed by atoms with Gasteiger partial charge in [0, 0.05) is 0 Å². The summed E-state index contributed by atoms with van der Waals surface area (Å²) in [5.41, 5.74) is 0.880. The van der Waals surface area contributed by atoms with Crippen molar-refractivity contribution in [3.05, 3.63) is 35.9 Å². The molecule has 3 N–H and O–H groups in total. The Morgan fingerprint density at radius 2 is 2.00 bits per heavy atom. The number of aliphatic carboxylic acids is 1. The number of rotatable bonds is 7. The van der Waals surface area contributed by atoms with Crippen LogP contribution in [0.2, 0.25) is 0 Å². The average molecular weight is 304 g/mol. The fraction of sp³-hybridized carbons (Fsp3) is 0.438. The largest absolute Gasteiger partial charge is 0.481 e. The Morgan fingerprint density at radius 3 is 2.59 bits per heavy atom. The number of nitrogens with one attached hydrogen (secondary N) is 2. The van der Waals surface area contributed by atoms with Crippen molar-refractivity contribution in [1.82, 2.24) is 10.6 Å². The van der Waals surface area contributed by atoms with Crippen molar-refractivity contribution < 1.29 is 19.5 Å². The van der Waals surface area contributed by atoms with E-state index in [-0.39, 0.29) is 11.9 Å². The molecule has 2 rings (SSSR count). The summed E-state index contributed by atoms with van der Waals surface area (Å²) in [5, 5.41) is 14.6. The van der Waals surface area contributed by atoms with Gasteiger partial charge in [0.15, 0.2) is 5.78 Å². The lowest BCUT2D eigenvalue weighted by molar-refractivity contribution is -0.141. The summed E-state index contributed by atoms with van der Waals surface area (Å²) in [5.74, 6) is -1.91. The summed E-state index contributed by atoms with van der Waals surface area (Å²) < 4.78 is 0. The minimum absolute atomic E-state index is 0.239. The van der Waals surface area contributed by atoms with E-state index in [1.54, 1.807) is 0 Å². The monoisotopic (exact) mass is 304 g/mol. The molecule has 0 aliphatic carbocycles. The molecule has 22 heavy (non-hydrogen) atoms. The number of benzene rings is 1. The maximum absolute atomic E-state index is 12.2. The van der Waals surface area contributed by atoms with Gasteiger partial charge in [-0.1, -0.05) is 30.3 Å². The van der Waals surface area contributed by atoms with Gasteiger partial charge in [0.2, 0.25) is 5.91 Å². The minimum Gasteiger partial charge on any atom is -0.481 e. The van der Waals surface area contributed by atoms with Crippen LogP contribution in [0.3, 0.4) is 0 Å². The Morgan fingerprint density at radius 1 is 1.27 bits per heavy atom. The van der Waals surface area contributed by atoms with Crippen molar-refractivity contribution in [2.24, 2.45) is 0 Å². The van der Waals surface area contributed by atoms with Crippen LogP contribution in [0.4, 0.5) is 0 Å². The second kappa shape index (κ2) is 7.70. The van der Waals surface area contributed by atoms with Gasteiger partial charge in [-0.15, -0.1) is 0 Å². The highest BCUT2D eigenvalue weighted by Gasteiger charge is 2.28. The van der Waals surface area contributed by atoms with E-state index in [2.05, 4.69) is 10.6 Å². The Balaban J connectivity index is 2.04. The fourth-order valence-electron chi connectivity index (χ4n) is 2.55. The van der Waals surface area contributed by atoms with E-state index in [9.17, 15) is 14.4 Å². The maximum Gasteiger partial charge on any atom is 0.310 e. The summed E-state index contributed by atoms with van der Waals surface area (Å²) in [6.07, 6.45) is 1.36. The molecule has 1 aromatic rings. The first-order valence-corrected chi connectivity index (χ1v) is 7.38. The molecule has 0 bridgehead atoms. The van der Waals surface area contributed by atoms with Crippen LogP contribution in [-0.4, -0.2) is 41.4 Å². The highest BCUT2D eigenvalue weighted by atomic mass is 16.4. The highest BCUT2D eigenvalue weighted by Crippen LogP contribution is 2.09. The predicted molar refractivity (Wildman–Crippen MR) is 80.4 cm³/mol. The molecular formula is C16H20N2O4. The number of Topliss-reactive ketones (excluding diaryl/α,β-unsaturated/α-hetero) is 1. The molecule has 1 heterocycles. The first kappa shape index (κ1) is 16.2. The molecule has 0 aromatic heterocycles. The summed E-state index contributed by atoms with van der Waals surface area (Å²) >= 11 is 0. The van der Waals surface area contributed by atoms with Gasteiger partial charge in [0.05, 0.1) is 12.1 Å². The highest BCUT2D eigenvalue weighted by molar-refractivity contribution is 6.00. The first-order valence-electron chi connectivity index (χ1n) is 7.38. The summed E-state index contributed by atoms with van der Waals surface area (Å²) in [6.45, 7) is 0.782. The predicted octanol–water partition coefficient (Wildman–Crippen LogP) is 0.510. The van der Waals surface area contributed by atoms with E-state index >= 15 is 0 Å². The van der Waals surface area contributed by atoms with Gasteiger partial charge in [-0.2, -0.15) is 0 Å². The van der Waals surface area contributed by atoms with Gasteiger partial charge >= 0.3 is 5.97 Å². The molecule has 0 saturated carbocycles. The number of carboxylic acid groups (broad SMARTS) is 1. The lowest BCUT2D eigenvalue weighted by Gasteiger charge is -2.19. The van der Waals surface area contributed by atoms with Gasteiger partial charge in [-0.3, -0.25) is 14.4 Å². The topological polar surface area (TPSA) is 95.5 Å². The van der Waals surface area contributed by atoms with E-state index in [0.717, 1.165) is 24.9 Å². The number of hydrogen-bond donors (Lipinski definition) is 3. The van der Waals surface area contributed by atoms with E-state index in [0.29, 0.717) is 6.42 Å². The third kappa shape index (κ3) is 4.66. The molecule has 6 heteroatoms. The van der Waals surface area contributed by atoms with Gasteiger partial charge in [-0.05, 0) is 31.4 Å². The zero-order chi connectivity index (χ0) is 15.9. The van der Waals surface area contributed by atoms with Gasteiger partial charge in [-0.25, -0.2) is 0 Å². The van der Waals surface area contributed by atoms with Crippen molar-refractivity contribution in [2.45, 2.75) is 37.8 Å². The third-order valence-corrected chi connectivity index (χ3v) is 3.69. The minimum atomic E-state index is -1.18. The Hall–Kier alpha value is -2.21. The maximum atomic E-state index is 12.2. The van der Waals surface area contributed by atoms with Crippen LogP contribution in [-0.2, 0) is 20.8 Å². The molecule has 1 saturated heterocycles. The van der Waals surface area contributed by atoms with Crippen LogP contribution >= 0.6 is 0 Å². The second-order valence-electron chi connectivity index (χ2n) is 5.44. The average Bonchev–Trinajstić information content (AvgIpc) is 3.01. The van der Waals surface area contributed by atoms with Crippen LogP contribution < -0.4 is 10.6 Å². The third-order valence-electron chi connectivity index (χ3n) is 3.69. The molecule has 2 atom stereocenters. The zero-order valence-corrected chi connectivity index (χ0v) is 12.2. The van der Waals surface area contributed by atoms with Crippen molar-refractivity contribution in [3.8, 4) is 0 Å². The van der Waals surface area contributed by atoms with Crippen molar-refractivity contribution >= 4 is 17.7 Å². The van der Waals surface area contributed by atoms with Crippen molar-refractivity contribution in [2.75, 3.05) is 6.54 Å². The molecule has 118 valence electrons. The van der Waals surface area contributed by atoms with Crippen LogP contribution in [0.1, 0.15) is 24.8 Å². The molecular weight excluding hydrogens is 284 g/mol. The van der Waals surface area contributed by atoms with Gasteiger partial charge in [0.1, 0.15) is 6.42 Å². The molecule has 0 spiro atoms. The van der Waals surface area contributed by atoms with Crippen molar-refractivity contribution in [1.29, 1.82) is 0 Å². The van der Waals surface area contributed by atoms with Crippen molar-refractivity contribution in [3.63, 3.8) is 0 Å². The zero-order valence-electron chi connectivity index (χ0n) is 12.2. The molecule has 1 amide bonds.